The summed E-state index contributed by atoms with van der Waals surface area (Å²) in [7, 11) is 0. The Balaban J connectivity index is 2.46. The van der Waals surface area contributed by atoms with E-state index in [0.29, 0.717) is 5.56 Å². The first-order valence-electron chi connectivity index (χ1n) is 3.74. The van der Waals surface area contributed by atoms with Crippen LogP contribution in [0.4, 0.5) is 13.2 Å². The number of nitrogens with one attached hydrogen (secondary N) is 1. The zero-order valence-electron chi connectivity index (χ0n) is 7.01. The standard InChI is InChI=1S/C8H7F3N2O/c9-8(10,11)7(14)13-5-6-2-1-3-12-4-6/h1-4H,5H2,(H,13,14). The molecule has 0 fully saturated rings. The molecule has 76 valence electrons. The summed E-state index contributed by atoms with van der Waals surface area (Å²) < 4.78 is 35.2. The number of alkyl halides is 3. The van der Waals surface area contributed by atoms with Crippen molar-refractivity contribution in [2.75, 3.05) is 0 Å². The second-order valence-electron chi connectivity index (χ2n) is 2.54. The molecule has 0 unspecified atom stereocenters. The number of carbonyl (C=O) groups is 1. The van der Waals surface area contributed by atoms with Gasteiger partial charge in [0.1, 0.15) is 0 Å². The summed E-state index contributed by atoms with van der Waals surface area (Å²) in [5, 5.41) is 1.73. The van der Waals surface area contributed by atoms with Gasteiger partial charge < -0.3 is 5.32 Å². The minimum Gasteiger partial charge on any atom is -0.344 e. The van der Waals surface area contributed by atoms with Gasteiger partial charge in [0.15, 0.2) is 0 Å². The van der Waals surface area contributed by atoms with Gasteiger partial charge in [-0.15, -0.1) is 0 Å². The van der Waals surface area contributed by atoms with Crippen molar-refractivity contribution in [2.24, 2.45) is 0 Å². The molecule has 0 bridgehead atoms. The molecule has 0 radical (unpaired) electrons. The van der Waals surface area contributed by atoms with E-state index >= 15 is 0 Å². The van der Waals surface area contributed by atoms with Gasteiger partial charge in [-0.05, 0) is 11.6 Å². The number of nitrogens with zero attached hydrogens (tertiary/aromatic N) is 1. The number of hydrogen-bond acceptors (Lipinski definition) is 2. The maximum atomic E-state index is 11.7. The van der Waals surface area contributed by atoms with Gasteiger partial charge in [-0.2, -0.15) is 13.2 Å². The highest BCUT2D eigenvalue weighted by Crippen LogP contribution is 2.14. The molecular weight excluding hydrogens is 197 g/mol. The summed E-state index contributed by atoms with van der Waals surface area (Å²) in [5.41, 5.74) is 0.519. The molecule has 3 nitrogen and oxygen atoms in total. The molecule has 1 aromatic rings. The molecule has 14 heavy (non-hydrogen) atoms. The fourth-order valence-electron chi connectivity index (χ4n) is 0.785. The van der Waals surface area contributed by atoms with Gasteiger partial charge in [0, 0.05) is 18.9 Å². The van der Waals surface area contributed by atoms with Gasteiger partial charge in [0.2, 0.25) is 0 Å². The van der Waals surface area contributed by atoms with E-state index in [0.717, 1.165) is 0 Å². The maximum Gasteiger partial charge on any atom is 0.471 e. The normalized spacial score (nSPS) is 11.1. The van der Waals surface area contributed by atoms with Crippen molar-refractivity contribution in [3.8, 4) is 0 Å². The summed E-state index contributed by atoms with van der Waals surface area (Å²) in [5.74, 6) is -1.94. The average Bonchev–Trinajstić information content (AvgIpc) is 2.14. The number of pyridine rings is 1. The van der Waals surface area contributed by atoms with E-state index in [1.165, 1.54) is 12.4 Å². The number of rotatable bonds is 2. The smallest absolute Gasteiger partial charge is 0.344 e. The fraction of sp³-hybridized carbons (Fsp3) is 0.250. The Bertz CT molecular complexity index is 310. The molecule has 1 rings (SSSR count). The lowest BCUT2D eigenvalue weighted by Gasteiger charge is -2.06. The van der Waals surface area contributed by atoms with E-state index in [4.69, 9.17) is 0 Å². The predicted octanol–water partition coefficient (Wildman–Crippen LogP) is 1.26. The van der Waals surface area contributed by atoms with E-state index < -0.39 is 12.1 Å². The third-order valence-corrected chi connectivity index (χ3v) is 1.43. The summed E-state index contributed by atoms with van der Waals surface area (Å²) in [6.07, 6.45) is -1.95. The lowest BCUT2D eigenvalue weighted by Crippen LogP contribution is -2.36. The largest absolute Gasteiger partial charge is 0.471 e. The number of amides is 1. The van der Waals surface area contributed by atoms with Crippen molar-refractivity contribution in [2.45, 2.75) is 12.7 Å². The molecule has 0 saturated heterocycles. The maximum absolute atomic E-state index is 11.7. The number of carbonyl (C=O) groups excluding carboxylic acids is 1. The van der Waals surface area contributed by atoms with Gasteiger partial charge in [-0.3, -0.25) is 9.78 Å². The van der Waals surface area contributed by atoms with Crippen LogP contribution in [0.5, 0.6) is 0 Å². The minimum absolute atomic E-state index is 0.174. The van der Waals surface area contributed by atoms with Crippen molar-refractivity contribution < 1.29 is 18.0 Å². The van der Waals surface area contributed by atoms with Crippen molar-refractivity contribution in [1.29, 1.82) is 0 Å². The van der Waals surface area contributed by atoms with E-state index in [1.54, 1.807) is 17.4 Å². The Morgan fingerprint density at radius 3 is 2.71 bits per heavy atom. The van der Waals surface area contributed by atoms with Gasteiger partial charge in [-0.1, -0.05) is 6.07 Å². The highest BCUT2D eigenvalue weighted by Gasteiger charge is 2.38. The minimum atomic E-state index is -4.83. The molecule has 1 heterocycles. The predicted molar refractivity (Wildman–Crippen MR) is 42.1 cm³/mol. The molecule has 0 aromatic carbocycles. The van der Waals surface area contributed by atoms with Crippen molar-refractivity contribution in [1.82, 2.24) is 10.3 Å². The highest BCUT2D eigenvalue weighted by atomic mass is 19.4. The number of hydrogen-bond donors (Lipinski definition) is 1. The molecule has 0 aliphatic carbocycles. The Hall–Kier alpha value is -1.59. The molecule has 0 atom stereocenters. The molecule has 0 spiro atoms. The fourth-order valence-corrected chi connectivity index (χ4v) is 0.785. The molecular formula is C8H7F3N2O. The van der Waals surface area contributed by atoms with Crippen LogP contribution in [-0.4, -0.2) is 17.1 Å². The van der Waals surface area contributed by atoms with Gasteiger partial charge >= 0.3 is 12.1 Å². The van der Waals surface area contributed by atoms with Gasteiger partial charge in [-0.25, -0.2) is 0 Å². The second kappa shape index (κ2) is 4.08. The average molecular weight is 204 g/mol. The van der Waals surface area contributed by atoms with E-state index in [-0.39, 0.29) is 6.54 Å². The van der Waals surface area contributed by atoms with Crippen LogP contribution in [0.1, 0.15) is 5.56 Å². The monoisotopic (exact) mass is 204 g/mol. The quantitative estimate of drug-likeness (QED) is 0.787. The van der Waals surface area contributed by atoms with Crippen LogP contribution < -0.4 is 5.32 Å². The Morgan fingerprint density at radius 2 is 2.21 bits per heavy atom. The molecule has 0 saturated carbocycles. The lowest BCUT2D eigenvalue weighted by atomic mass is 10.3. The molecule has 1 amide bonds. The van der Waals surface area contributed by atoms with Crippen molar-refractivity contribution in [3.63, 3.8) is 0 Å². The van der Waals surface area contributed by atoms with Gasteiger partial charge in [0.25, 0.3) is 0 Å². The van der Waals surface area contributed by atoms with Gasteiger partial charge in [0.05, 0.1) is 0 Å². The highest BCUT2D eigenvalue weighted by molar-refractivity contribution is 5.81. The first-order valence-corrected chi connectivity index (χ1v) is 3.74. The van der Waals surface area contributed by atoms with E-state index in [1.807, 2.05) is 0 Å². The van der Waals surface area contributed by atoms with Crippen LogP contribution in [0.3, 0.4) is 0 Å². The second-order valence-corrected chi connectivity index (χ2v) is 2.54. The van der Waals surface area contributed by atoms with Crippen LogP contribution >= 0.6 is 0 Å². The lowest BCUT2D eigenvalue weighted by molar-refractivity contribution is -0.173. The summed E-state index contributed by atoms with van der Waals surface area (Å²) >= 11 is 0. The van der Waals surface area contributed by atoms with Crippen LogP contribution in [0.15, 0.2) is 24.5 Å². The van der Waals surface area contributed by atoms with E-state index in [9.17, 15) is 18.0 Å². The van der Waals surface area contributed by atoms with Crippen LogP contribution in [-0.2, 0) is 11.3 Å². The molecule has 1 N–H and O–H groups in total. The number of aromatic nitrogens is 1. The zero-order chi connectivity index (χ0) is 10.6. The molecule has 6 heteroatoms. The third-order valence-electron chi connectivity index (χ3n) is 1.43. The first kappa shape index (κ1) is 10.5. The Morgan fingerprint density at radius 1 is 1.50 bits per heavy atom. The Kier molecular flexibility index (Phi) is 3.06. The molecule has 0 aliphatic heterocycles. The van der Waals surface area contributed by atoms with Crippen molar-refractivity contribution >= 4 is 5.91 Å². The number of halogens is 3. The first-order chi connectivity index (χ1) is 6.50. The SMILES string of the molecule is O=C(NCc1cccnc1)C(F)(F)F. The topological polar surface area (TPSA) is 42.0 Å². The third kappa shape index (κ3) is 3.04. The zero-order valence-corrected chi connectivity index (χ0v) is 7.01. The van der Waals surface area contributed by atoms with Crippen molar-refractivity contribution in [3.05, 3.63) is 30.1 Å². The molecule has 1 aromatic heterocycles. The molecule has 0 aliphatic rings. The summed E-state index contributed by atoms with van der Waals surface area (Å²) in [4.78, 5) is 14.1. The van der Waals surface area contributed by atoms with E-state index in [2.05, 4.69) is 4.98 Å². The Labute approximate surface area is 78.0 Å². The summed E-state index contributed by atoms with van der Waals surface area (Å²) in [6.45, 7) is -0.174. The van der Waals surface area contributed by atoms with Crippen LogP contribution in [0.25, 0.3) is 0 Å². The van der Waals surface area contributed by atoms with Crippen LogP contribution in [0, 0.1) is 0 Å². The summed E-state index contributed by atoms with van der Waals surface area (Å²) in [6, 6.07) is 3.15. The van der Waals surface area contributed by atoms with Crippen LogP contribution in [0.2, 0.25) is 0 Å².